The van der Waals surface area contributed by atoms with E-state index >= 15 is 0 Å². The Morgan fingerprint density at radius 2 is 1.85 bits per heavy atom. The minimum atomic E-state index is 0.119. The fourth-order valence-corrected chi connectivity index (χ4v) is 3.61. The molecule has 0 bridgehead atoms. The summed E-state index contributed by atoms with van der Waals surface area (Å²) in [6, 6.07) is 10.6. The van der Waals surface area contributed by atoms with Crippen LogP contribution < -0.4 is 15.4 Å². The quantitative estimate of drug-likeness (QED) is 0.837. The summed E-state index contributed by atoms with van der Waals surface area (Å²) in [4.78, 5) is 16.6. The average Bonchev–Trinajstić information content (AvgIpc) is 2.72. The third-order valence-corrected chi connectivity index (χ3v) is 5.25. The van der Waals surface area contributed by atoms with E-state index in [-0.39, 0.29) is 11.8 Å². The smallest absolute Gasteiger partial charge is 0.223 e. The molecule has 0 spiro atoms. The lowest BCUT2D eigenvalue weighted by Gasteiger charge is -2.27. The number of carbonyl (C=O) groups is 1. The monoisotopic (exact) mass is 353 g/mol. The summed E-state index contributed by atoms with van der Waals surface area (Å²) in [5.41, 5.74) is 3.17. The summed E-state index contributed by atoms with van der Waals surface area (Å²) < 4.78 is 5.47. The van der Waals surface area contributed by atoms with Gasteiger partial charge in [0.25, 0.3) is 0 Å². The maximum Gasteiger partial charge on any atom is 0.223 e. The lowest BCUT2D eigenvalue weighted by Crippen LogP contribution is -2.37. The summed E-state index contributed by atoms with van der Waals surface area (Å²) >= 11 is 0. The largest absolute Gasteiger partial charge is 0.496 e. The number of ether oxygens (including phenoxy) is 1. The molecular weight excluding hydrogens is 326 g/mol. The number of aromatic nitrogens is 1. The van der Waals surface area contributed by atoms with Gasteiger partial charge in [-0.1, -0.05) is 6.07 Å². The van der Waals surface area contributed by atoms with Gasteiger partial charge in [0, 0.05) is 36.5 Å². The molecule has 5 nitrogen and oxygen atoms in total. The van der Waals surface area contributed by atoms with Gasteiger partial charge in [-0.05, 0) is 68.1 Å². The standard InChI is InChI=1S/C21H27N3O2/c1-22-19-6-3-16(4-7-19)21(25)24-14-18-13-17(5-8-20(18)26-2)15-9-11-23-12-10-15/h5,8-13,16,19,22H,3-4,6-7,14H2,1-2H3,(H,24,25). The van der Waals surface area contributed by atoms with Gasteiger partial charge in [0.1, 0.15) is 5.75 Å². The van der Waals surface area contributed by atoms with Gasteiger partial charge in [0.05, 0.1) is 7.11 Å². The second-order valence-corrected chi connectivity index (χ2v) is 6.82. The van der Waals surface area contributed by atoms with Crippen LogP contribution in [0.15, 0.2) is 42.7 Å². The van der Waals surface area contributed by atoms with Crippen LogP contribution in [-0.4, -0.2) is 31.1 Å². The van der Waals surface area contributed by atoms with E-state index in [9.17, 15) is 4.79 Å². The first-order chi connectivity index (χ1) is 12.7. The summed E-state index contributed by atoms with van der Waals surface area (Å²) in [7, 11) is 3.65. The SMILES string of the molecule is CNC1CCC(C(=O)NCc2cc(-c3ccncc3)ccc2OC)CC1. The van der Waals surface area contributed by atoms with Crippen molar-refractivity contribution in [3.63, 3.8) is 0 Å². The first-order valence-electron chi connectivity index (χ1n) is 9.23. The Morgan fingerprint density at radius 3 is 2.50 bits per heavy atom. The molecule has 0 radical (unpaired) electrons. The summed E-state index contributed by atoms with van der Waals surface area (Å²) in [5, 5.41) is 6.41. The van der Waals surface area contributed by atoms with Crippen LogP contribution in [-0.2, 0) is 11.3 Å². The average molecular weight is 353 g/mol. The van der Waals surface area contributed by atoms with Gasteiger partial charge in [-0.2, -0.15) is 0 Å². The van der Waals surface area contributed by atoms with Gasteiger partial charge >= 0.3 is 0 Å². The molecule has 3 rings (SSSR count). The van der Waals surface area contributed by atoms with Crippen molar-refractivity contribution in [3.8, 4) is 16.9 Å². The molecule has 0 aliphatic heterocycles. The molecule has 1 saturated carbocycles. The van der Waals surface area contributed by atoms with E-state index in [2.05, 4.69) is 21.7 Å². The summed E-state index contributed by atoms with van der Waals surface area (Å²) in [5.74, 6) is 1.06. The molecule has 1 aliphatic carbocycles. The number of nitrogens with one attached hydrogen (secondary N) is 2. The summed E-state index contributed by atoms with van der Waals surface area (Å²) in [6.45, 7) is 0.479. The molecule has 2 N–H and O–H groups in total. The number of amides is 1. The highest BCUT2D eigenvalue weighted by molar-refractivity contribution is 5.79. The molecule has 0 unspecified atom stereocenters. The molecule has 1 aromatic heterocycles. The molecule has 1 fully saturated rings. The molecule has 1 heterocycles. The van der Waals surface area contributed by atoms with Gasteiger partial charge in [-0.3, -0.25) is 9.78 Å². The number of benzene rings is 1. The van der Waals surface area contributed by atoms with Crippen LogP contribution in [0.3, 0.4) is 0 Å². The van der Waals surface area contributed by atoms with Crippen LogP contribution >= 0.6 is 0 Å². The second kappa shape index (κ2) is 8.81. The van der Waals surface area contributed by atoms with E-state index in [1.54, 1.807) is 19.5 Å². The third-order valence-electron chi connectivity index (χ3n) is 5.25. The lowest BCUT2D eigenvalue weighted by atomic mass is 9.85. The van der Waals surface area contributed by atoms with Gasteiger partial charge < -0.3 is 15.4 Å². The van der Waals surface area contributed by atoms with E-state index in [1.165, 1.54) is 0 Å². The molecule has 26 heavy (non-hydrogen) atoms. The Morgan fingerprint density at radius 1 is 1.12 bits per heavy atom. The van der Waals surface area contributed by atoms with E-state index in [4.69, 9.17) is 4.74 Å². The zero-order chi connectivity index (χ0) is 18.4. The van der Waals surface area contributed by atoms with Gasteiger partial charge in [-0.25, -0.2) is 0 Å². The Bertz CT molecular complexity index is 725. The molecule has 0 saturated heterocycles. The molecule has 1 amide bonds. The highest BCUT2D eigenvalue weighted by Gasteiger charge is 2.25. The van der Waals surface area contributed by atoms with E-state index in [0.29, 0.717) is 12.6 Å². The topological polar surface area (TPSA) is 63.2 Å². The van der Waals surface area contributed by atoms with Crippen molar-refractivity contribution in [1.29, 1.82) is 0 Å². The van der Waals surface area contributed by atoms with Crippen LogP contribution in [0, 0.1) is 5.92 Å². The number of nitrogens with zero attached hydrogens (tertiary/aromatic N) is 1. The highest BCUT2D eigenvalue weighted by Crippen LogP contribution is 2.27. The van der Waals surface area contributed by atoms with Crippen LogP contribution in [0.2, 0.25) is 0 Å². The van der Waals surface area contributed by atoms with E-state index in [1.807, 2.05) is 31.3 Å². The van der Waals surface area contributed by atoms with Crippen LogP contribution in [0.1, 0.15) is 31.2 Å². The van der Waals surface area contributed by atoms with Crippen molar-refractivity contribution in [2.75, 3.05) is 14.2 Å². The maximum atomic E-state index is 12.5. The second-order valence-electron chi connectivity index (χ2n) is 6.82. The fourth-order valence-electron chi connectivity index (χ4n) is 3.61. The molecule has 0 atom stereocenters. The molecule has 1 aromatic carbocycles. The molecule has 1 aliphatic rings. The fraction of sp³-hybridized carbons (Fsp3) is 0.429. The Kier molecular flexibility index (Phi) is 6.23. The number of carbonyl (C=O) groups excluding carboxylic acids is 1. The van der Waals surface area contributed by atoms with Crippen molar-refractivity contribution >= 4 is 5.91 Å². The Labute approximate surface area is 155 Å². The predicted molar refractivity (Wildman–Crippen MR) is 103 cm³/mol. The Hall–Kier alpha value is -2.40. The van der Waals surface area contributed by atoms with Crippen molar-refractivity contribution in [1.82, 2.24) is 15.6 Å². The van der Waals surface area contributed by atoms with Crippen LogP contribution in [0.4, 0.5) is 0 Å². The van der Waals surface area contributed by atoms with Gasteiger partial charge in [0.15, 0.2) is 0 Å². The van der Waals surface area contributed by atoms with Crippen LogP contribution in [0.5, 0.6) is 5.75 Å². The zero-order valence-electron chi connectivity index (χ0n) is 15.5. The number of pyridine rings is 1. The Balaban J connectivity index is 1.66. The minimum Gasteiger partial charge on any atom is -0.496 e. The third kappa shape index (κ3) is 4.41. The first kappa shape index (κ1) is 18.4. The maximum absolute atomic E-state index is 12.5. The summed E-state index contributed by atoms with van der Waals surface area (Å²) in [6.07, 6.45) is 7.59. The van der Waals surface area contributed by atoms with Crippen molar-refractivity contribution in [3.05, 3.63) is 48.3 Å². The number of methoxy groups -OCH3 is 1. The zero-order valence-corrected chi connectivity index (χ0v) is 15.5. The van der Waals surface area contributed by atoms with Crippen LogP contribution in [0.25, 0.3) is 11.1 Å². The highest BCUT2D eigenvalue weighted by atomic mass is 16.5. The molecule has 5 heteroatoms. The number of rotatable bonds is 6. The normalized spacial score (nSPS) is 19.8. The molecular formula is C21H27N3O2. The van der Waals surface area contributed by atoms with Gasteiger partial charge in [-0.15, -0.1) is 0 Å². The van der Waals surface area contributed by atoms with Crippen molar-refractivity contribution < 1.29 is 9.53 Å². The minimum absolute atomic E-state index is 0.119. The number of hydrogen-bond acceptors (Lipinski definition) is 4. The molecule has 2 aromatic rings. The van der Waals surface area contributed by atoms with Crippen molar-refractivity contribution in [2.45, 2.75) is 38.3 Å². The van der Waals surface area contributed by atoms with Gasteiger partial charge in [0.2, 0.25) is 5.91 Å². The predicted octanol–water partition coefficient (Wildman–Crippen LogP) is 3.15. The number of hydrogen-bond donors (Lipinski definition) is 2. The van der Waals surface area contributed by atoms with Crippen molar-refractivity contribution in [2.24, 2.45) is 5.92 Å². The lowest BCUT2D eigenvalue weighted by molar-refractivity contribution is -0.126. The van der Waals surface area contributed by atoms with E-state index < -0.39 is 0 Å². The first-order valence-corrected chi connectivity index (χ1v) is 9.23. The van der Waals surface area contributed by atoms with E-state index in [0.717, 1.165) is 48.1 Å². The molecule has 138 valence electrons.